The highest BCUT2D eigenvalue weighted by Crippen LogP contribution is 2.46. The van der Waals surface area contributed by atoms with E-state index in [0.29, 0.717) is 6.61 Å². The quantitative estimate of drug-likeness (QED) is 0.758. The van der Waals surface area contributed by atoms with Crippen molar-refractivity contribution in [1.82, 2.24) is 0 Å². The average molecular weight is 293 g/mol. The molecule has 0 amide bonds. The summed E-state index contributed by atoms with van der Waals surface area (Å²) in [6, 6.07) is 12.6. The van der Waals surface area contributed by atoms with Crippen molar-refractivity contribution >= 4 is 11.4 Å². The Balaban J connectivity index is 1.97. The lowest BCUT2D eigenvalue weighted by molar-refractivity contribution is 0.238. The molecule has 2 aromatic carbocycles. The van der Waals surface area contributed by atoms with E-state index >= 15 is 0 Å². The highest BCUT2D eigenvalue weighted by molar-refractivity contribution is 5.79. The number of fused-ring (bicyclic) bond motifs is 1. The van der Waals surface area contributed by atoms with Crippen LogP contribution in [-0.2, 0) is 4.74 Å². The number of hydrogen-bond donors (Lipinski definition) is 0. The molecule has 2 aliphatic rings. The van der Waals surface area contributed by atoms with Crippen LogP contribution in [0, 0.1) is 20.8 Å². The van der Waals surface area contributed by atoms with Crippen LogP contribution in [0.3, 0.4) is 0 Å². The molecule has 0 aromatic heterocycles. The van der Waals surface area contributed by atoms with Crippen molar-refractivity contribution in [2.75, 3.05) is 11.5 Å². The van der Waals surface area contributed by atoms with Gasteiger partial charge in [-0.15, -0.1) is 0 Å². The summed E-state index contributed by atoms with van der Waals surface area (Å²) in [7, 11) is 0. The molecule has 3 heteroatoms. The van der Waals surface area contributed by atoms with Crippen LogP contribution in [0.4, 0.5) is 11.4 Å². The van der Waals surface area contributed by atoms with Crippen LogP contribution < -0.4 is 9.64 Å². The number of benzene rings is 2. The second-order valence-electron chi connectivity index (χ2n) is 5.98. The van der Waals surface area contributed by atoms with E-state index in [0.717, 1.165) is 29.5 Å². The van der Waals surface area contributed by atoms with Crippen LogP contribution in [-0.4, -0.2) is 6.61 Å². The summed E-state index contributed by atoms with van der Waals surface area (Å²) in [6.07, 6.45) is 0.824. The monoisotopic (exact) mass is 293 g/mol. The Morgan fingerprint density at radius 3 is 2.50 bits per heavy atom. The minimum Gasteiger partial charge on any atom is -0.476 e. The first-order valence-electron chi connectivity index (χ1n) is 7.66. The smallest absolute Gasteiger partial charge is 0.238 e. The molecule has 3 nitrogen and oxygen atoms in total. The zero-order valence-electron chi connectivity index (χ0n) is 13.1. The first-order chi connectivity index (χ1) is 10.6. The van der Waals surface area contributed by atoms with E-state index in [1.54, 1.807) is 0 Å². The van der Waals surface area contributed by atoms with Gasteiger partial charge in [0.25, 0.3) is 0 Å². The van der Waals surface area contributed by atoms with Gasteiger partial charge in [0.2, 0.25) is 5.88 Å². The van der Waals surface area contributed by atoms with Crippen LogP contribution in [0.1, 0.15) is 23.1 Å². The molecule has 4 rings (SSSR count). The molecule has 2 aromatic rings. The van der Waals surface area contributed by atoms with E-state index < -0.39 is 0 Å². The van der Waals surface area contributed by atoms with Gasteiger partial charge in [0.1, 0.15) is 0 Å². The van der Waals surface area contributed by atoms with Crippen LogP contribution in [0.25, 0.3) is 0 Å². The van der Waals surface area contributed by atoms with Crippen LogP contribution in [0.2, 0.25) is 0 Å². The largest absolute Gasteiger partial charge is 0.476 e. The van der Waals surface area contributed by atoms with Crippen molar-refractivity contribution in [2.45, 2.75) is 27.2 Å². The lowest BCUT2D eigenvalue weighted by Gasteiger charge is -2.33. The van der Waals surface area contributed by atoms with E-state index in [9.17, 15) is 0 Å². The summed E-state index contributed by atoms with van der Waals surface area (Å²) < 4.78 is 11.9. The number of aryl methyl sites for hydroxylation is 3. The number of anilines is 2. The first kappa shape index (κ1) is 13.3. The predicted octanol–water partition coefficient (Wildman–Crippen LogP) is 4.73. The van der Waals surface area contributed by atoms with Gasteiger partial charge in [-0.05, 0) is 44.0 Å². The number of ether oxygens (including phenoxy) is 2. The molecule has 0 N–H and O–H groups in total. The zero-order valence-corrected chi connectivity index (χ0v) is 13.1. The molecule has 0 aliphatic carbocycles. The van der Waals surface area contributed by atoms with E-state index in [-0.39, 0.29) is 0 Å². The maximum atomic E-state index is 6.02. The SMILES string of the molecule is Cc1cc(C)c(N2C3=C(CCO3)Oc3ccccc32)c(C)c1. The number of nitrogens with zero attached hydrogens (tertiary/aromatic N) is 1. The van der Waals surface area contributed by atoms with Crippen molar-refractivity contribution in [1.29, 1.82) is 0 Å². The van der Waals surface area contributed by atoms with Crippen molar-refractivity contribution in [2.24, 2.45) is 0 Å². The molecule has 0 bridgehead atoms. The van der Waals surface area contributed by atoms with Gasteiger partial charge in [0, 0.05) is 6.42 Å². The molecule has 0 saturated carbocycles. The van der Waals surface area contributed by atoms with Gasteiger partial charge < -0.3 is 9.47 Å². The summed E-state index contributed by atoms with van der Waals surface area (Å²) in [5.74, 6) is 2.66. The molecule has 2 aliphatic heterocycles. The predicted molar refractivity (Wildman–Crippen MR) is 87.5 cm³/mol. The molecule has 0 atom stereocenters. The van der Waals surface area contributed by atoms with Crippen molar-refractivity contribution in [3.05, 3.63) is 64.7 Å². The minimum absolute atomic E-state index is 0.680. The zero-order chi connectivity index (χ0) is 15.3. The molecule has 112 valence electrons. The lowest BCUT2D eigenvalue weighted by atomic mass is 10.0. The minimum atomic E-state index is 0.680. The summed E-state index contributed by atoms with van der Waals surface area (Å²) in [5, 5.41) is 0. The Morgan fingerprint density at radius 2 is 1.73 bits per heavy atom. The highest BCUT2D eigenvalue weighted by atomic mass is 16.5. The summed E-state index contributed by atoms with van der Waals surface area (Å²) >= 11 is 0. The van der Waals surface area contributed by atoms with Crippen LogP contribution in [0.15, 0.2) is 48.0 Å². The molecule has 0 radical (unpaired) electrons. The average Bonchev–Trinajstić information content (AvgIpc) is 2.93. The maximum Gasteiger partial charge on any atom is 0.238 e. The summed E-state index contributed by atoms with van der Waals surface area (Å²) in [5.41, 5.74) is 6.00. The number of hydrogen-bond acceptors (Lipinski definition) is 3. The Hall–Kier alpha value is -2.42. The molecule has 0 saturated heterocycles. The molecule has 0 spiro atoms. The van der Waals surface area contributed by atoms with Gasteiger partial charge in [-0.25, -0.2) is 0 Å². The van der Waals surface area contributed by atoms with Crippen molar-refractivity contribution in [3.8, 4) is 5.75 Å². The Morgan fingerprint density at radius 1 is 1.00 bits per heavy atom. The van der Waals surface area contributed by atoms with E-state index in [1.807, 2.05) is 18.2 Å². The molecule has 0 fully saturated rings. The third-order valence-corrected chi connectivity index (χ3v) is 4.21. The van der Waals surface area contributed by atoms with E-state index in [4.69, 9.17) is 9.47 Å². The van der Waals surface area contributed by atoms with Gasteiger partial charge in [-0.2, -0.15) is 0 Å². The van der Waals surface area contributed by atoms with Crippen molar-refractivity contribution < 1.29 is 9.47 Å². The fourth-order valence-corrected chi connectivity index (χ4v) is 3.43. The summed E-state index contributed by atoms with van der Waals surface area (Å²) in [6.45, 7) is 7.12. The van der Waals surface area contributed by atoms with Crippen LogP contribution in [0.5, 0.6) is 5.75 Å². The van der Waals surface area contributed by atoms with Gasteiger partial charge in [-0.3, -0.25) is 4.90 Å². The summed E-state index contributed by atoms with van der Waals surface area (Å²) in [4.78, 5) is 2.21. The van der Waals surface area contributed by atoms with Gasteiger partial charge in [-0.1, -0.05) is 29.8 Å². The normalized spacial score (nSPS) is 16.0. The molecule has 2 heterocycles. The first-order valence-corrected chi connectivity index (χ1v) is 7.66. The van der Waals surface area contributed by atoms with Gasteiger partial charge >= 0.3 is 0 Å². The molecular weight excluding hydrogens is 274 g/mol. The third-order valence-electron chi connectivity index (χ3n) is 4.21. The topological polar surface area (TPSA) is 21.7 Å². The Bertz CT molecular complexity index is 769. The van der Waals surface area contributed by atoms with E-state index in [2.05, 4.69) is 43.9 Å². The second-order valence-corrected chi connectivity index (χ2v) is 5.98. The maximum absolute atomic E-state index is 6.02. The van der Waals surface area contributed by atoms with E-state index in [1.165, 1.54) is 22.4 Å². The van der Waals surface area contributed by atoms with Gasteiger partial charge in [0.05, 0.1) is 18.0 Å². The number of para-hydroxylation sites is 2. The molecule has 22 heavy (non-hydrogen) atoms. The fourth-order valence-electron chi connectivity index (χ4n) is 3.43. The van der Waals surface area contributed by atoms with Crippen LogP contribution >= 0.6 is 0 Å². The van der Waals surface area contributed by atoms with Crippen molar-refractivity contribution in [3.63, 3.8) is 0 Å². The standard InChI is InChI=1S/C19H19NO2/c1-12-10-13(2)18(14(3)11-12)20-15-6-4-5-7-16(15)22-17-8-9-21-19(17)20/h4-7,10-11H,8-9H2,1-3H3. The Labute approximate surface area is 130 Å². The molecular formula is C19H19NO2. The lowest BCUT2D eigenvalue weighted by Crippen LogP contribution is -2.24. The van der Waals surface area contributed by atoms with Gasteiger partial charge in [0.15, 0.2) is 11.5 Å². The number of rotatable bonds is 1. The molecule has 0 unspecified atom stereocenters. The highest BCUT2D eigenvalue weighted by Gasteiger charge is 2.34. The second kappa shape index (κ2) is 4.80. The third kappa shape index (κ3) is 1.89. The fraction of sp³-hybridized carbons (Fsp3) is 0.263. The Kier molecular flexibility index (Phi) is 2.89.